The van der Waals surface area contributed by atoms with E-state index < -0.39 is 0 Å². The molecule has 70 valence electrons. The third-order valence-electron chi connectivity index (χ3n) is 2.85. The predicted molar refractivity (Wildman–Crippen MR) is 52.7 cm³/mol. The number of fused-ring (bicyclic) bond motifs is 1. The highest BCUT2D eigenvalue weighted by atomic mass is 16.3. The normalized spacial score (nSPS) is 21.2. The van der Waals surface area contributed by atoms with Gasteiger partial charge in [0.05, 0.1) is 0 Å². The van der Waals surface area contributed by atoms with Crippen LogP contribution in [0.3, 0.4) is 0 Å². The minimum atomic E-state index is 0.380. The van der Waals surface area contributed by atoms with Crippen LogP contribution < -0.4 is 5.73 Å². The van der Waals surface area contributed by atoms with Gasteiger partial charge in [-0.1, -0.05) is 6.07 Å². The van der Waals surface area contributed by atoms with E-state index in [2.05, 4.69) is 0 Å². The Morgan fingerprint density at radius 2 is 2.23 bits per heavy atom. The topological polar surface area (TPSA) is 46.2 Å². The number of hydrogen-bond acceptors (Lipinski definition) is 2. The molecule has 0 fully saturated rings. The number of nitrogens with two attached hydrogens (primary N) is 1. The van der Waals surface area contributed by atoms with Crippen LogP contribution >= 0.6 is 0 Å². The fourth-order valence-corrected chi connectivity index (χ4v) is 2.02. The number of rotatable bonds is 1. The minimum Gasteiger partial charge on any atom is -0.508 e. The van der Waals surface area contributed by atoms with Gasteiger partial charge in [-0.3, -0.25) is 0 Å². The lowest BCUT2D eigenvalue weighted by atomic mass is 9.84. The van der Waals surface area contributed by atoms with Gasteiger partial charge >= 0.3 is 0 Å². The fraction of sp³-hybridized carbons (Fsp3) is 0.455. The van der Waals surface area contributed by atoms with Gasteiger partial charge in [-0.05, 0) is 55.0 Å². The van der Waals surface area contributed by atoms with Gasteiger partial charge in [0, 0.05) is 0 Å². The first-order valence-corrected chi connectivity index (χ1v) is 4.80. The second-order valence-corrected chi connectivity index (χ2v) is 3.80. The summed E-state index contributed by atoms with van der Waals surface area (Å²) in [4.78, 5) is 0. The third kappa shape index (κ3) is 1.68. The van der Waals surface area contributed by atoms with Crippen LogP contribution in [-0.4, -0.2) is 11.7 Å². The Kier molecular flexibility index (Phi) is 2.23. The molecule has 1 aromatic carbocycles. The number of hydrogen-bond donors (Lipinski definition) is 2. The van der Waals surface area contributed by atoms with E-state index in [1.165, 1.54) is 11.1 Å². The largest absolute Gasteiger partial charge is 0.508 e. The number of aryl methyl sites for hydroxylation is 1. The van der Waals surface area contributed by atoms with E-state index in [0.29, 0.717) is 11.7 Å². The lowest BCUT2D eigenvalue weighted by Gasteiger charge is -2.23. The first-order valence-electron chi connectivity index (χ1n) is 4.80. The number of benzene rings is 1. The van der Waals surface area contributed by atoms with Crippen molar-refractivity contribution in [2.24, 2.45) is 11.7 Å². The Morgan fingerprint density at radius 1 is 1.38 bits per heavy atom. The zero-order valence-electron chi connectivity index (χ0n) is 7.66. The smallest absolute Gasteiger partial charge is 0.115 e. The second kappa shape index (κ2) is 3.38. The van der Waals surface area contributed by atoms with Gasteiger partial charge in [0.15, 0.2) is 0 Å². The monoisotopic (exact) mass is 177 g/mol. The molecule has 0 saturated heterocycles. The average molecular weight is 177 g/mol. The molecule has 2 nitrogen and oxygen atoms in total. The highest BCUT2D eigenvalue weighted by Crippen LogP contribution is 2.27. The van der Waals surface area contributed by atoms with Crippen LogP contribution in [0.1, 0.15) is 17.5 Å². The van der Waals surface area contributed by atoms with E-state index >= 15 is 0 Å². The Labute approximate surface area is 78.4 Å². The van der Waals surface area contributed by atoms with Crippen LogP contribution in [-0.2, 0) is 12.8 Å². The highest BCUT2D eigenvalue weighted by molar-refractivity contribution is 5.36. The maximum absolute atomic E-state index is 9.29. The van der Waals surface area contributed by atoms with E-state index in [1.54, 1.807) is 6.07 Å². The van der Waals surface area contributed by atoms with Crippen molar-refractivity contribution in [2.45, 2.75) is 19.3 Å². The van der Waals surface area contributed by atoms with Crippen molar-refractivity contribution in [1.29, 1.82) is 0 Å². The second-order valence-electron chi connectivity index (χ2n) is 3.80. The minimum absolute atomic E-state index is 0.380. The van der Waals surface area contributed by atoms with Gasteiger partial charge in [-0.2, -0.15) is 0 Å². The molecule has 0 heterocycles. The molecular weight excluding hydrogens is 162 g/mol. The molecule has 2 rings (SSSR count). The summed E-state index contributed by atoms with van der Waals surface area (Å²) in [6, 6.07) is 5.66. The molecule has 2 heteroatoms. The molecule has 0 spiro atoms. The number of phenolic OH excluding ortho intramolecular Hbond substituents is 1. The van der Waals surface area contributed by atoms with Gasteiger partial charge < -0.3 is 10.8 Å². The summed E-state index contributed by atoms with van der Waals surface area (Å²) in [5.74, 6) is 1.02. The Hall–Kier alpha value is -1.02. The summed E-state index contributed by atoms with van der Waals surface area (Å²) >= 11 is 0. The van der Waals surface area contributed by atoms with Crippen molar-refractivity contribution in [1.82, 2.24) is 0 Å². The van der Waals surface area contributed by atoms with Crippen molar-refractivity contribution < 1.29 is 5.11 Å². The van der Waals surface area contributed by atoms with Crippen LogP contribution in [0.4, 0.5) is 0 Å². The summed E-state index contributed by atoms with van der Waals surface area (Å²) in [5, 5.41) is 9.29. The van der Waals surface area contributed by atoms with Crippen molar-refractivity contribution in [3.05, 3.63) is 29.3 Å². The maximum atomic E-state index is 9.29. The Balaban J connectivity index is 2.26. The van der Waals surface area contributed by atoms with E-state index in [0.717, 1.165) is 25.8 Å². The van der Waals surface area contributed by atoms with Crippen LogP contribution in [0, 0.1) is 5.92 Å². The molecule has 1 atom stereocenters. The molecule has 0 unspecified atom stereocenters. The molecule has 1 aromatic rings. The fourth-order valence-electron chi connectivity index (χ4n) is 2.02. The Bertz CT molecular complexity index is 309. The van der Waals surface area contributed by atoms with Crippen molar-refractivity contribution >= 4 is 0 Å². The van der Waals surface area contributed by atoms with Gasteiger partial charge in [-0.25, -0.2) is 0 Å². The summed E-state index contributed by atoms with van der Waals surface area (Å²) in [7, 11) is 0. The highest BCUT2D eigenvalue weighted by Gasteiger charge is 2.17. The van der Waals surface area contributed by atoms with Gasteiger partial charge in [-0.15, -0.1) is 0 Å². The summed E-state index contributed by atoms with van der Waals surface area (Å²) in [6.45, 7) is 0.778. The van der Waals surface area contributed by atoms with Crippen molar-refractivity contribution in [3.63, 3.8) is 0 Å². The molecule has 1 aliphatic rings. The molecular formula is C11H15NO. The molecule has 0 bridgehead atoms. The van der Waals surface area contributed by atoms with E-state index in [9.17, 15) is 5.11 Å². The SMILES string of the molecule is NC[C@@H]1CCc2cc(O)ccc2C1. The molecule has 0 aromatic heterocycles. The first kappa shape index (κ1) is 8.57. The quantitative estimate of drug-likeness (QED) is 0.682. The molecule has 0 amide bonds. The van der Waals surface area contributed by atoms with E-state index in [-0.39, 0.29) is 0 Å². The van der Waals surface area contributed by atoms with Crippen LogP contribution in [0.2, 0.25) is 0 Å². The van der Waals surface area contributed by atoms with Gasteiger partial charge in [0.2, 0.25) is 0 Å². The van der Waals surface area contributed by atoms with E-state index in [4.69, 9.17) is 5.73 Å². The third-order valence-corrected chi connectivity index (χ3v) is 2.85. The van der Waals surface area contributed by atoms with Crippen molar-refractivity contribution in [3.8, 4) is 5.75 Å². The zero-order valence-corrected chi connectivity index (χ0v) is 7.66. The van der Waals surface area contributed by atoms with Crippen LogP contribution in [0.15, 0.2) is 18.2 Å². The van der Waals surface area contributed by atoms with Crippen LogP contribution in [0.25, 0.3) is 0 Å². The average Bonchev–Trinajstić information content (AvgIpc) is 2.17. The predicted octanol–water partition coefficient (Wildman–Crippen LogP) is 1.46. The lowest BCUT2D eigenvalue weighted by Crippen LogP contribution is -2.21. The summed E-state index contributed by atoms with van der Waals surface area (Å²) in [5.41, 5.74) is 8.30. The molecule has 1 aliphatic carbocycles. The molecule has 13 heavy (non-hydrogen) atoms. The van der Waals surface area contributed by atoms with Gasteiger partial charge in [0.25, 0.3) is 0 Å². The number of aromatic hydroxyl groups is 1. The maximum Gasteiger partial charge on any atom is 0.115 e. The summed E-state index contributed by atoms with van der Waals surface area (Å²) in [6.07, 6.45) is 3.30. The van der Waals surface area contributed by atoms with Crippen LogP contribution in [0.5, 0.6) is 5.75 Å². The molecule has 3 N–H and O–H groups in total. The first-order chi connectivity index (χ1) is 6.29. The molecule has 0 aliphatic heterocycles. The summed E-state index contributed by atoms with van der Waals surface area (Å²) < 4.78 is 0. The Morgan fingerprint density at radius 3 is 3.00 bits per heavy atom. The lowest BCUT2D eigenvalue weighted by molar-refractivity contribution is 0.456. The zero-order chi connectivity index (χ0) is 9.26. The molecule has 0 radical (unpaired) electrons. The standard InChI is InChI=1S/C11H15NO/c12-7-8-1-2-10-6-11(13)4-3-9(10)5-8/h3-4,6,8,13H,1-2,5,7,12H2/t8-/m1/s1. The van der Waals surface area contributed by atoms with Gasteiger partial charge in [0.1, 0.15) is 5.75 Å². The number of phenols is 1. The van der Waals surface area contributed by atoms with E-state index in [1.807, 2.05) is 12.1 Å². The molecule has 0 saturated carbocycles. The van der Waals surface area contributed by atoms with Crippen molar-refractivity contribution in [2.75, 3.05) is 6.54 Å².